The first-order valence-corrected chi connectivity index (χ1v) is 13.8. The van der Waals surface area contributed by atoms with Crippen LogP contribution in [-0.2, 0) is 22.7 Å². The first kappa shape index (κ1) is 24.2. The summed E-state index contributed by atoms with van der Waals surface area (Å²) in [5.74, 6) is -1.10. The SMILES string of the molecule is O=C1CCC(N2Cc3c(ccc(-c4cc(CN5CCCC5)c5[nH]nc(NC6CCC6)c5n4)c3F)C2=O)C(=O)N1. The van der Waals surface area contributed by atoms with Crippen molar-refractivity contribution in [1.29, 1.82) is 0 Å². The molecule has 1 atom stereocenters. The Morgan fingerprint density at radius 2 is 1.85 bits per heavy atom. The molecule has 5 heterocycles. The number of carbonyl (C=O) groups excluding carboxylic acids is 3. The lowest BCUT2D eigenvalue weighted by Crippen LogP contribution is -2.52. The van der Waals surface area contributed by atoms with Crippen molar-refractivity contribution in [1.82, 2.24) is 30.3 Å². The molecule has 0 spiro atoms. The number of pyridine rings is 1. The lowest BCUT2D eigenvalue weighted by Gasteiger charge is -2.29. The van der Waals surface area contributed by atoms with Crippen LogP contribution < -0.4 is 10.6 Å². The summed E-state index contributed by atoms with van der Waals surface area (Å²) in [6, 6.07) is 4.72. The number of anilines is 1. The van der Waals surface area contributed by atoms with Crippen LogP contribution in [0.1, 0.15) is 66.4 Å². The Morgan fingerprint density at radius 1 is 1.05 bits per heavy atom. The fourth-order valence-corrected chi connectivity index (χ4v) is 6.15. The van der Waals surface area contributed by atoms with Gasteiger partial charge in [0, 0.05) is 35.7 Å². The first-order valence-electron chi connectivity index (χ1n) is 13.8. The summed E-state index contributed by atoms with van der Waals surface area (Å²) in [5, 5.41) is 13.5. The summed E-state index contributed by atoms with van der Waals surface area (Å²) in [7, 11) is 0. The van der Waals surface area contributed by atoms with E-state index in [0.29, 0.717) is 35.2 Å². The monoisotopic (exact) mass is 531 g/mol. The number of rotatable bonds is 6. The minimum Gasteiger partial charge on any atom is -0.364 e. The summed E-state index contributed by atoms with van der Waals surface area (Å²) in [4.78, 5) is 45.8. The van der Waals surface area contributed by atoms with Crippen molar-refractivity contribution < 1.29 is 18.8 Å². The number of halogens is 1. The summed E-state index contributed by atoms with van der Waals surface area (Å²) < 4.78 is 16.1. The molecule has 0 radical (unpaired) electrons. The molecule has 3 aromatic rings. The first-order chi connectivity index (χ1) is 19.0. The average Bonchev–Trinajstić information content (AvgIpc) is 3.62. The second kappa shape index (κ2) is 9.41. The van der Waals surface area contributed by atoms with Crippen LogP contribution in [0.15, 0.2) is 18.2 Å². The molecule has 1 unspecified atom stereocenters. The van der Waals surface area contributed by atoms with Crippen molar-refractivity contribution in [3.63, 3.8) is 0 Å². The molecule has 202 valence electrons. The van der Waals surface area contributed by atoms with E-state index >= 15 is 4.39 Å². The minimum absolute atomic E-state index is 0.0246. The maximum absolute atomic E-state index is 16.1. The Morgan fingerprint density at radius 3 is 2.59 bits per heavy atom. The van der Waals surface area contributed by atoms with Crippen molar-refractivity contribution in [2.75, 3.05) is 18.4 Å². The lowest BCUT2D eigenvalue weighted by atomic mass is 9.93. The zero-order chi connectivity index (χ0) is 26.7. The van der Waals surface area contributed by atoms with E-state index in [9.17, 15) is 14.4 Å². The number of hydrogen-bond acceptors (Lipinski definition) is 7. The molecule has 7 rings (SSSR count). The van der Waals surface area contributed by atoms with Crippen molar-refractivity contribution in [3.05, 3.63) is 40.7 Å². The van der Waals surface area contributed by atoms with Gasteiger partial charge in [0.25, 0.3) is 5.91 Å². The second-order valence-electron chi connectivity index (χ2n) is 11.1. The van der Waals surface area contributed by atoms with Crippen LogP contribution in [0.5, 0.6) is 0 Å². The van der Waals surface area contributed by atoms with Gasteiger partial charge >= 0.3 is 0 Å². The van der Waals surface area contributed by atoms with Crippen molar-refractivity contribution in [3.8, 4) is 11.3 Å². The number of benzene rings is 1. The molecule has 10 nitrogen and oxygen atoms in total. The van der Waals surface area contributed by atoms with Crippen molar-refractivity contribution in [2.45, 2.75) is 70.1 Å². The predicted octanol–water partition coefficient (Wildman–Crippen LogP) is 3.09. The number of carbonyl (C=O) groups is 3. The normalized spacial score (nSPS) is 21.9. The van der Waals surface area contributed by atoms with Crippen LogP contribution in [0.3, 0.4) is 0 Å². The number of aromatic amines is 1. The quantitative estimate of drug-likeness (QED) is 0.418. The molecule has 1 aromatic carbocycles. The molecule has 3 fully saturated rings. The molecule has 11 heteroatoms. The van der Waals surface area contributed by atoms with Crippen LogP contribution >= 0.6 is 0 Å². The largest absolute Gasteiger partial charge is 0.364 e. The molecule has 3 N–H and O–H groups in total. The molecular formula is C28H30FN7O3. The van der Waals surface area contributed by atoms with Crippen molar-refractivity contribution in [2.24, 2.45) is 0 Å². The molecule has 2 saturated heterocycles. The number of imide groups is 1. The van der Waals surface area contributed by atoms with Gasteiger partial charge in [-0.25, -0.2) is 9.37 Å². The number of aromatic nitrogens is 3. The number of hydrogen-bond donors (Lipinski definition) is 3. The lowest BCUT2D eigenvalue weighted by molar-refractivity contribution is -0.136. The zero-order valence-corrected chi connectivity index (χ0v) is 21.6. The molecule has 2 aromatic heterocycles. The van der Waals surface area contributed by atoms with Gasteiger partial charge in [-0.2, -0.15) is 5.10 Å². The number of H-pyrrole nitrogens is 1. The highest BCUT2D eigenvalue weighted by Crippen LogP contribution is 2.36. The van der Waals surface area contributed by atoms with Crippen LogP contribution in [-0.4, -0.2) is 67.9 Å². The van der Waals surface area contributed by atoms with Gasteiger partial charge < -0.3 is 10.2 Å². The molecule has 3 amide bonds. The molecular weight excluding hydrogens is 501 g/mol. The Labute approximate surface area is 224 Å². The Hall–Kier alpha value is -3.86. The standard InChI is InChI=1S/C28H30FN7O3/c29-23-18(7-6-17-19(23)14-36(28(17)39)21-8-9-22(37)32-27(21)38)20-12-15(13-35-10-1-2-11-35)24-25(31-20)26(34-33-24)30-16-4-3-5-16/h6-7,12,16,21H,1-5,8-11,13-14H2,(H2,30,33,34)(H,32,37,38). The Balaban J connectivity index is 1.26. The maximum Gasteiger partial charge on any atom is 0.255 e. The van der Waals surface area contributed by atoms with Crippen LogP contribution in [0.2, 0.25) is 0 Å². The van der Waals surface area contributed by atoms with Gasteiger partial charge in [0.1, 0.15) is 17.4 Å². The van der Waals surface area contributed by atoms with Gasteiger partial charge in [0.05, 0.1) is 17.8 Å². The number of nitrogens with one attached hydrogen (secondary N) is 3. The summed E-state index contributed by atoms with van der Waals surface area (Å²) in [6.07, 6.45) is 6.07. The fraction of sp³-hybridized carbons (Fsp3) is 0.464. The highest BCUT2D eigenvalue weighted by Gasteiger charge is 2.40. The summed E-state index contributed by atoms with van der Waals surface area (Å²) >= 11 is 0. The van der Waals surface area contributed by atoms with Crippen molar-refractivity contribution >= 4 is 34.6 Å². The molecule has 1 aliphatic carbocycles. The molecule has 39 heavy (non-hydrogen) atoms. The maximum atomic E-state index is 16.1. The van der Waals surface area contributed by atoms with Gasteiger partial charge in [-0.3, -0.25) is 29.7 Å². The summed E-state index contributed by atoms with van der Waals surface area (Å²) in [6.45, 7) is 2.73. The third-order valence-corrected chi connectivity index (χ3v) is 8.57. The van der Waals surface area contributed by atoms with E-state index in [4.69, 9.17) is 4.98 Å². The average molecular weight is 532 g/mol. The molecule has 4 aliphatic rings. The summed E-state index contributed by atoms with van der Waals surface area (Å²) in [5.41, 5.74) is 3.85. The van der Waals surface area contributed by atoms with Gasteiger partial charge in [0.2, 0.25) is 11.8 Å². The highest BCUT2D eigenvalue weighted by molar-refractivity contribution is 6.05. The number of piperidine rings is 1. The van der Waals surface area contributed by atoms with Gasteiger partial charge in [-0.1, -0.05) is 0 Å². The molecule has 3 aliphatic heterocycles. The topological polar surface area (TPSA) is 123 Å². The van der Waals surface area contributed by atoms with Gasteiger partial charge in [0.15, 0.2) is 5.82 Å². The third-order valence-electron chi connectivity index (χ3n) is 8.57. The van der Waals surface area contributed by atoms with E-state index in [2.05, 4.69) is 25.7 Å². The van der Waals surface area contributed by atoms with Crippen LogP contribution in [0.4, 0.5) is 10.2 Å². The fourth-order valence-electron chi connectivity index (χ4n) is 6.15. The Kier molecular flexibility index (Phi) is 5.84. The minimum atomic E-state index is -0.793. The van der Waals surface area contributed by atoms with E-state index in [0.717, 1.165) is 49.9 Å². The van der Waals surface area contributed by atoms with E-state index in [1.54, 1.807) is 12.1 Å². The van der Waals surface area contributed by atoms with Crippen LogP contribution in [0, 0.1) is 5.82 Å². The van der Waals surface area contributed by atoms with Gasteiger partial charge in [-0.05, 0) is 75.4 Å². The number of amides is 3. The number of likely N-dealkylation sites (tertiary alicyclic amines) is 1. The smallest absolute Gasteiger partial charge is 0.255 e. The predicted molar refractivity (Wildman–Crippen MR) is 141 cm³/mol. The third kappa shape index (κ3) is 4.15. The second-order valence-corrected chi connectivity index (χ2v) is 11.1. The van der Waals surface area contributed by atoms with E-state index in [1.807, 2.05) is 6.07 Å². The van der Waals surface area contributed by atoms with Crippen LogP contribution in [0.25, 0.3) is 22.3 Å². The molecule has 0 bridgehead atoms. The van der Waals surface area contributed by atoms with E-state index in [1.165, 1.54) is 11.3 Å². The number of fused-ring (bicyclic) bond motifs is 2. The molecule has 1 saturated carbocycles. The van der Waals surface area contributed by atoms with E-state index < -0.39 is 23.7 Å². The Bertz CT molecular complexity index is 1510. The highest BCUT2D eigenvalue weighted by atomic mass is 19.1. The van der Waals surface area contributed by atoms with E-state index in [-0.39, 0.29) is 36.4 Å². The van der Waals surface area contributed by atoms with Gasteiger partial charge in [-0.15, -0.1) is 0 Å². The zero-order valence-electron chi connectivity index (χ0n) is 21.6. The number of nitrogens with zero attached hydrogens (tertiary/aromatic N) is 4.